The standard InChI is InChI=1S/C12H11NO5S.C10H10O2S/c14-10-5-6-11(15)13(10)18-12(16)17-7-8-1-3-9(19)4-2-8;1-2-10(11)12-7-8-3-5-9(13)6-4-8/h1-4,19H,5-7H2;2-6,13H,1,7H2. The monoisotopic (exact) mass is 475 g/mol. The van der Waals surface area contributed by atoms with Crippen molar-refractivity contribution in [2.45, 2.75) is 35.8 Å². The van der Waals surface area contributed by atoms with Crippen LogP contribution >= 0.6 is 25.3 Å². The summed E-state index contributed by atoms with van der Waals surface area (Å²) in [5.41, 5.74) is 1.68. The lowest BCUT2D eigenvalue weighted by molar-refractivity contribution is -0.177. The summed E-state index contributed by atoms with van der Waals surface area (Å²) in [5.74, 6) is -1.49. The lowest BCUT2D eigenvalue weighted by Gasteiger charge is -2.12. The fourth-order valence-electron chi connectivity index (χ4n) is 2.30. The summed E-state index contributed by atoms with van der Waals surface area (Å²) in [6.07, 6.45) is 0.163. The molecule has 0 spiro atoms. The maximum Gasteiger partial charge on any atom is 0.534 e. The van der Waals surface area contributed by atoms with Crippen molar-refractivity contribution in [3.8, 4) is 0 Å². The zero-order valence-corrected chi connectivity index (χ0v) is 18.7. The van der Waals surface area contributed by atoms with Crippen LogP contribution in [0.2, 0.25) is 0 Å². The van der Waals surface area contributed by atoms with Gasteiger partial charge < -0.3 is 9.47 Å². The van der Waals surface area contributed by atoms with E-state index in [1.165, 1.54) is 0 Å². The smallest absolute Gasteiger partial charge is 0.458 e. The van der Waals surface area contributed by atoms with Crippen LogP contribution in [0.1, 0.15) is 24.0 Å². The van der Waals surface area contributed by atoms with Crippen LogP contribution in [0.4, 0.5) is 4.79 Å². The van der Waals surface area contributed by atoms with Crippen molar-refractivity contribution < 1.29 is 33.5 Å². The number of esters is 1. The number of hydrogen-bond donors (Lipinski definition) is 2. The average molecular weight is 476 g/mol. The van der Waals surface area contributed by atoms with E-state index in [9.17, 15) is 19.2 Å². The molecule has 0 N–H and O–H groups in total. The van der Waals surface area contributed by atoms with Crippen molar-refractivity contribution in [3.05, 3.63) is 72.3 Å². The van der Waals surface area contributed by atoms with Crippen LogP contribution in [0, 0.1) is 0 Å². The first kappa shape index (κ1) is 25.0. The molecule has 2 aromatic carbocycles. The summed E-state index contributed by atoms with van der Waals surface area (Å²) in [6.45, 7) is 3.57. The van der Waals surface area contributed by atoms with E-state index in [0.717, 1.165) is 27.0 Å². The first-order valence-electron chi connectivity index (χ1n) is 9.34. The normalized spacial score (nSPS) is 12.5. The van der Waals surface area contributed by atoms with E-state index >= 15 is 0 Å². The van der Waals surface area contributed by atoms with Gasteiger partial charge in [0.05, 0.1) is 0 Å². The van der Waals surface area contributed by atoms with E-state index in [-0.39, 0.29) is 26.1 Å². The van der Waals surface area contributed by atoms with E-state index in [4.69, 9.17) is 9.47 Å². The second-order valence-corrected chi connectivity index (χ2v) is 7.39. The lowest BCUT2D eigenvalue weighted by atomic mass is 10.2. The summed E-state index contributed by atoms with van der Waals surface area (Å²) in [5, 5.41) is 0.444. The zero-order valence-electron chi connectivity index (χ0n) is 16.9. The first-order chi connectivity index (χ1) is 15.3. The maximum atomic E-state index is 11.3. The van der Waals surface area contributed by atoms with Crippen LogP contribution in [-0.2, 0) is 41.9 Å². The predicted octanol–water partition coefficient (Wildman–Crippen LogP) is 3.90. The molecule has 168 valence electrons. The minimum Gasteiger partial charge on any atom is -0.458 e. The SMILES string of the molecule is C=CC(=O)OCc1ccc(S)cc1.O=C(OCc1ccc(S)cc1)ON1C(=O)CCC1=O. The minimum atomic E-state index is -1.08. The Bertz CT molecular complexity index is 959. The highest BCUT2D eigenvalue weighted by Gasteiger charge is 2.33. The van der Waals surface area contributed by atoms with Gasteiger partial charge in [-0.1, -0.05) is 35.9 Å². The molecule has 8 nitrogen and oxygen atoms in total. The maximum absolute atomic E-state index is 11.3. The van der Waals surface area contributed by atoms with Gasteiger partial charge in [0, 0.05) is 28.7 Å². The summed E-state index contributed by atoms with van der Waals surface area (Å²) in [4.78, 5) is 50.6. The molecule has 0 atom stereocenters. The second-order valence-electron chi connectivity index (χ2n) is 6.36. The van der Waals surface area contributed by atoms with Gasteiger partial charge in [0.25, 0.3) is 11.8 Å². The zero-order chi connectivity index (χ0) is 23.5. The third-order valence-electron chi connectivity index (χ3n) is 3.95. The molecule has 1 aliphatic rings. The van der Waals surface area contributed by atoms with Crippen molar-refractivity contribution in [3.63, 3.8) is 0 Å². The Kier molecular flexibility index (Phi) is 9.83. The number of ether oxygens (including phenoxy) is 2. The summed E-state index contributed by atoms with van der Waals surface area (Å²) in [7, 11) is 0. The van der Waals surface area contributed by atoms with Gasteiger partial charge in [-0.25, -0.2) is 9.59 Å². The molecule has 2 aromatic rings. The summed E-state index contributed by atoms with van der Waals surface area (Å²) >= 11 is 8.26. The molecule has 1 heterocycles. The number of hydroxylamine groups is 2. The Hall–Kier alpha value is -3.24. The number of thiol groups is 2. The Labute approximate surface area is 195 Å². The van der Waals surface area contributed by atoms with Gasteiger partial charge in [-0.05, 0) is 35.4 Å². The van der Waals surface area contributed by atoms with Gasteiger partial charge in [-0.3, -0.25) is 14.4 Å². The number of carbonyl (C=O) groups is 4. The van der Waals surface area contributed by atoms with E-state index in [1.807, 2.05) is 24.3 Å². The summed E-state index contributed by atoms with van der Waals surface area (Å²) in [6, 6.07) is 14.4. The molecule has 0 radical (unpaired) electrons. The third kappa shape index (κ3) is 8.48. The van der Waals surface area contributed by atoms with Crippen molar-refractivity contribution in [2.75, 3.05) is 0 Å². The largest absolute Gasteiger partial charge is 0.534 e. The molecule has 10 heteroatoms. The van der Waals surface area contributed by atoms with Crippen molar-refractivity contribution in [2.24, 2.45) is 0 Å². The van der Waals surface area contributed by atoms with E-state index in [2.05, 4.69) is 36.7 Å². The van der Waals surface area contributed by atoms with Crippen molar-refractivity contribution in [1.29, 1.82) is 0 Å². The highest BCUT2D eigenvalue weighted by Crippen LogP contribution is 2.14. The molecular formula is C22H21NO7S2. The Balaban J connectivity index is 0.000000244. The van der Waals surface area contributed by atoms with Gasteiger partial charge in [0.15, 0.2) is 0 Å². The number of rotatable bonds is 6. The molecule has 0 bridgehead atoms. The minimum absolute atomic E-state index is 0.0108. The van der Waals surface area contributed by atoms with Gasteiger partial charge in [-0.2, -0.15) is 0 Å². The highest BCUT2D eigenvalue weighted by molar-refractivity contribution is 7.80. The fourth-order valence-corrected chi connectivity index (χ4v) is 2.60. The Morgan fingerprint density at radius 1 is 0.844 bits per heavy atom. The molecule has 3 rings (SSSR count). The topological polar surface area (TPSA) is 99.2 Å². The van der Waals surface area contributed by atoms with Gasteiger partial charge >= 0.3 is 12.1 Å². The van der Waals surface area contributed by atoms with Gasteiger partial charge in [-0.15, -0.1) is 25.3 Å². The Morgan fingerprint density at radius 2 is 1.28 bits per heavy atom. The molecule has 32 heavy (non-hydrogen) atoms. The molecule has 1 fully saturated rings. The van der Waals surface area contributed by atoms with Crippen LogP contribution in [-0.4, -0.2) is 29.0 Å². The fraction of sp³-hybridized carbons (Fsp3) is 0.182. The van der Waals surface area contributed by atoms with Crippen LogP contribution in [0.5, 0.6) is 0 Å². The number of nitrogens with zero attached hydrogens (tertiary/aromatic N) is 1. The average Bonchev–Trinajstić information content (AvgIpc) is 3.10. The van der Waals surface area contributed by atoms with Crippen molar-refractivity contribution >= 4 is 49.2 Å². The van der Waals surface area contributed by atoms with Crippen molar-refractivity contribution in [1.82, 2.24) is 5.06 Å². The Morgan fingerprint density at radius 3 is 1.72 bits per heavy atom. The first-order valence-corrected chi connectivity index (χ1v) is 10.2. The second kappa shape index (κ2) is 12.6. The van der Waals surface area contributed by atoms with E-state index < -0.39 is 23.9 Å². The van der Waals surface area contributed by atoms with Gasteiger partial charge in [0.2, 0.25) is 0 Å². The molecule has 1 saturated heterocycles. The van der Waals surface area contributed by atoms with Gasteiger partial charge in [0.1, 0.15) is 13.2 Å². The van der Waals surface area contributed by atoms with E-state index in [1.54, 1.807) is 24.3 Å². The molecule has 0 unspecified atom stereocenters. The van der Waals surface area contributed by atoms with Crippen LogP contribution in [0.3, 0.4) is 0 Å². The number of benzene rings is 2. The number of hydrogen-bond acceptors (Lipinski definition) is 9. The predicted molar refractivity (Wildman–Crippen MR) is 120 cm³/mol. The molecule has 0 aliphatic carbocycles. The van der Waals surface area contributed by atoms with Crippen LogP contribution in [0.15, 0.2) is 71.0 Å². The van der Waals surface area contributed by atoms with Crippen LogP contribution < -0.4 is 0 Å². The number of imide groups is 1. The summed E-state index contributed by atoms with van der Waals surface area (Å²) < 4.78 is 9.63. The van der Waals surface area contributed by atoms with Crippen LogP contribution in [0.25, 0.3) is 0 Å². The third-order valence-corrected chi connectivity index (χ3v) is 4.55. The molecular weight excluding hydrogens is 454 g/mol. The number of amides is 2. The molecule has 0 saturated carbocycles. The quantitative estimate of drug-likeness (QED) is 0.283. The number of carbonyl (C=O) groups excluding carboxylic acids is 4. The molecule has 0 aromatic heterocycles. The molecule has 1 aliphatic heterocycles. The highest BCUT2D eigenvalue weighted by atomic mass is 32.1. The van der Waals surface area contributed by atoms with E-state index in [0.29, 0.717) is 5.06 Å². The molecule has 2 amide bonds. The lowest BCUT2D eigenvalue weighted by Crippen LogP contribution is -2.32.